The molecule has 0 aliphatic carbocycles. The van der Waals surface area contributed by atoms with E-state index < -0.39 is 5.60 Å². The first-order chi connectivity index (χ1) is 6.52. The van der Waals surface area contributed by atoms with Crippen molar-refractivity contribution in [2.45, 2.75) is 45.1 Å². The van der Waals surface area contributed by atoms with E-state index in [1.54, 1.807) is 0 Å². The fourth-order valence-electron chi connectivity index (χ4n) is 1.48. The van der Waals surface area contributed by atoms with E-state index in [1.165, 1.54) is 6.42 Å². The number of rotatable bonds is 8. The van der Waals surface area contributed by atoms with Crippen molar-refractivity contribution in [1.29, 1.82) is 0 Å². The van der Waals surface area contributed by atoms with Gasteiger partial charge >= 0.3 is 0 Å². The summed E-state index contributed by atoms with van der Waals surface area (Å²) in [6.07, 6.45) is 4.21. The summed E-state index contributed by atoms with van der Waals surface area (Å²) in [6, 6.07) is 0. The molecule has 1 atom stereocenters. The van der Waals surface area contributed by atoms with Gasteiger partial charge < -0.3 is 15.7 Å². The van der Waals surface area contributed by atoms with E-state index in [1.807, 2.05) is 6.92 Å². The van der Waals surface area contributed by atoms with E-state index in [0.29, 0.717) is 6.54 Å². The predicted octanol–water partition coefficient (Wildman–Crippen LogP) is 1.21. The first-order valence-corrected chi connectivity index (χ1v) is 5.63. The van der Waals surface area contributed by atoms with Crippen LogP contribution in [0.2, 0.25) is 0 Å². The Kier molecular flexibility index (Phi) is 7.15. The van der Waals surface area contributed by atoms with Crippen LogP contribution in [0.5, 0.6) is 0 Å². The Morgan fingerprint density at radius 3 is 2.43 bits per heavy atom. The van der Waals surface area contributed by atoms with Gasteiger partial charge in [0, 0.05) is 6.54 Å². The van der Waals surface area contributed by atoms with Crippen LogP contribution in [0.3, 0.4) is 0 Å². The Hall–Kier alpha value is -0.120. The lowest BCUT2D eigenvalue weighted by molar-refractivity contribution is 0.0566. The second kappa shape index (κ2) is 7.21. The lowest BCUT2D eigenvalue weighted by atomic mass is 9.99. The van der Waals surface area contributed by atoms with Crippen molar-refractivity contribution in [3.8, 4) is 0 Å². The van der Waals surface area contributed by atoms with Crippen molar-refractivity contribution in [1.82, 2.24) is 4.90 Å². The minimum absolute atomic E-state index is 0.359. The summed E-state index contributed by atoms with van der Waals surface area (Å²) in [4.78, 5) is 2.33. The molecule has 0 aromatic rings. The van der Waals surface area contributed by atoms with Crippen molar-refractivity contribution in [3.63, 3.8) is 0 Å². The molecule has 1 unspecified atom stereocenters. The zero-order valence-electron chi connectivity index (χ0n) is 9.92. The lowest BCUT2D eigenvalue weighted by Crippen LogP contribution is -2.34. The van der Waals surface area contributed by atoms with Crippen molar-refractivity contribution in [2.24, 2.45) is 5.73 Å². The number of aliphatic hydroxyl groups is 1. The van der Waals surface area contributed by atoms with Gasteiger partial charge in [0.2, 0.25) is 0 Å². The molecule has 3 nitrogen and oxygen atoms in total. The first-order valence-electron chi connectivity index (χ1n) is 5.63. The molecule has 0 aromatic heterocycles. The van der Waals surface area contributed by atoms with Gasteiger partial charge in [-0.25, -0.2) is 0 Å². The number of hydrogen-bond acceptors (Lipinski definition) is 3. The highest BCUT2D eigenvalue weighted by molar-refractivity contribution is 4.72. The Morgan fingerprint density at radius 2 is 1.93 bits per heavy atom. The van der Waals surface area contributed by atoms with Crippen LogP contribution < -0.4 is 5.73 Å². The zero-order valence-corrected chi connectivity index (χ0v) is 9.92. The smallest absolute Gasteiger partial charge is 0.0741 e. The van der Waals surface area contributed by atoms with Gasteiger partial charge in [0.25, 0.3) is 0 Å². The van der Waals surface area contributed by atoms with Crippen LogP contribution in [0.4, 0.5) is 0 Å². The van der Waals surface area contributed by atoms with E-state index >= 15 is 0 Å². The van der Waals surface area contributed by atoms with Gasteiger partial charge in [-0.15, -0.1) is 0 Å². The Balaban J connectivity index is 3.37. The average molecular weight is 202 g/mol. The molecule has 0 heterocycles. The van der Waals surface area contributed by atoms with Crippen LogP contribution in [0.25, 0.3) is 0 Å². The summed E-state index contributed by atoms with van der Waals surface area (Å²) in [5.74, 6) is 0. The summed E-state index contributed by atoms with van der Waals surface area (Å²) in [5, 5.41) is 9.65. The van der Waals surface area contributed by atoms with E-state index in [-0.39, 0.29) is 0 Å². The maximum atomic E-state index is 9.65. The molecule has 0 rings (SSSR count). The minimum atomic E-state index is -0.663. The van der Waals surface area contributed by atoms with Gasteiger partial charge in [-0.1, -0.05) is 6.92 Å². The molecule has 86 valence electrons. The second-order valence-electron chi connectivity index (χ2n) is 4.46. The van der Waals surface area contributed by atoms with Crippen LogP contribution in [0, 0.1) is 0 Å². The molecular formula is C11H26N2O. The zero-order chi connectivity index (χ0) is 11.0. The quantitative estimate of drug-likeness (QED) is 0.582. The molecule has 0 bridgehead atoms. The van der Waals surface area contributed by atoms with Crippen LogP contribution >= 0.6 is 0 Å². The molecule has 0 radical (unpaired) electrons. The molecule has 3 N–H and O–H groups in total. The third kappa shape index (κ3) is 7.30. The summed E-state index contributed by atoms with van der Waals surface area (Å²) in [7, 11) is 2.14. The van der Waals surface area contributed by atoms with Gasteiger partial charge in [-0.2, -0.15) is 0 Å². The van der Waals surface area contributed by atoms with Crippen molar-refractivity contribution < 1.29 is 5.11 Å². The van der Waals surface area contributed by atoms with E-state index in [0.717, 1.165) is 32.4 Å². The standard InChI is InChI=1S/C11H26N2O/c1-4-8-13(3)9-6-5-7-11(2,14)10-12/h14H,4-10,12H2,1-3H3. The van der Waals surface area contributed by atoms with Crippen LogP contribution in [0.15, 0.2) is 0 Å². The largest absolute Gasteiger partial charge is 0.389 e. The van der Waals surface area contributed by atoms with Crippen molar-refractivity contribution in [2.75, 3.05) is 26.7 Å². The van der Waals surface area contributed by atoms with Crippen LogP contribution in [-0.4, -0.2) is 42.3 Å². The third-order valence-electron chi connectivity index (χ3n) is 2.55. The van der Waals surface area contributed by atoms with E-state index in [2.05, 4.69) is 18.9 Å². The Morgan fingerprint density at radius 1 is 1.29 bits per heavy atom. The molecule has 3 heteroatoms. The highest BCUT2D eigenvalue weighted by Gasteiger charge is 2.16. The lowest BCUT2D eigenvalue weighted by Gasteiger charge is -2.21. The maximum absolute atomic E-state index is 9.65. The van der Waals surface area contributed by atoms with Crippen molar-refractivity contribution in [3.05, 3.63) is 0 Å². The fraction of sp³-hybridized carbons (Fsp3) is 1.00. The van der Waals surface area contributed by atoms with Gasteiger partial charge in [0.15, 0.2) is 0 Å². The molecule has 0 amide bonds. The average Bonchev–Trinajstić information content (AvgIpc) is 2.13. The highest BCUT2D eigenvalue weighted by atomic mass is 16.3. The number of unbranched alkanes of at least 4 members (excludes halogenated alkanes) is 1. The van der Waals surface area contributed by atoms with E-state index in [9.17, 15) is 5.11 Å². The molecule has 0 aliphatic rings. The number of hydrogen-bond donors (Lipinski definition) is 2. The molecule has 0 saturated carbocycles. The van der Waals surface area contributed by atoms with Gasteiger partial charge in [0.05, 0.1) is 5.60 Å². The summed E-state index contributed by atoms with van der Waals surface area (Å²) in [5.41, 5.74) is 4.77. The number of nitrogens with two attached hydrogens (primary N) is 1. The molecule has 0 aromatic carbocycles. The monoisotopic (exact) mass is 202 g/mol. The second-order valence-corrected chi connectivity index (χ2v) is 4.46. The van der Waals surface area contributed by atoms with Gasteiger partial charge in [-0.05, 0) is 52.7 Å². The minimum Gasteiger partial charge on any atom is -0.389 e. The predicted molar refractivity (Wildman–Crippen MR) is 61.3 cm³/mol. The SMILES string of the molecule is CCCN(C)CCCCC(C)(O)CN. The third-order valence-corrected chi connectivity index (χ3v) is 2.55. The summed E-state index contributed by atoms with van der Waals surface area (Å²) in [6.45, 7) is 6.64. The van der Waals surface area contributed by atoms with Gasteiger partial charge in [0.1, 0.15) is 0 Å². The first kappa shape index (κ1) is 13.9. The molecule has 0 fully saturated rings. The summed E-state index contributed by atoms with van der Waals surface area (Å²) >= 11 is 0. The van der Waals surface area contributed by atoms with Crippen LogP contribution in [-0.2, 0) is 0 Å². The van der Waals surface area contributed by atoms with Gasteiger partial charge in [-0.3, -0.25) is 0 Å². The van der Waals surface area contributed by atoms with Crippen molar-refractivity contribution >= 4 is 0 Å². The Bertz CT molecular complexity index is 137. The topological polar surface area (TPSA) is 49.5 Å². The maximum Gasteiger partial charge on any atom is 0.0741 e. The van der Waals surface area contributed by atoms with Crippen LogP contribution in [0.1, 0.15) is 39.5 Å². The number of nitrogens with zero attached hydrogens (tertiary/aromatic N) is 1. The molecule has 14 heavy (non-hydrogen) atoms. The molecule has 0 saturated heterocycles. The Labute approximate surface area is 88.3 Å². The molecular weight excluding hydrogens is 176 g/mol. The summed E-state index contributed by atoms with van der Waals surface area (Å²) < 4.78 is 0. The molecule has 0 aliphatic heterocycles. The highest BCUT2D eigenvalue weighted by Crippen LogP contribution is 2.11. The fourth-order valence-corrected chi connectivity index (χ4v) is 1.48. The van der Waals surface area contributed by atoms with E-state index in [4.69, 9.17) is 5.73 Å². The normalized spacial score (nSPS) is 15.9. The molecule has 0 spiro atoms.